The molecule has 0 saturated carbocycles. The van der Waals surface area contributed by atoms with Crippen molar-refractivity contribution in [1.29, 1.82) is 0 Å². The van der Waals surface area contributed by atoms with Crippen molar-refractivity contribution in [3.63, 3.8) is 0 Å². The van der Waals surface area contributed by atoms with Gasteiger partial charge in [-0.05, 0) is 23.6 Å². The molecule has 17 heavy (non-hydrogen) atoms. The zero-order chi connectivity index (χ0) is 12.3. The number of hydrogen-bond donors (Lipinski definition) is 2. The summed E-state index contributed by atoms with van der Waals surface area (Å²) in [4.78, 5) is 12.8. The molecule has 0 aliphatic heterocycles. The number of nitrogens with one attached hydrogen (secondary N) is 1. The van der Waals surface area contributed by atoms with Crippen molar-refractivity contribution in [2.45, 2.75) is 6.54 Å². The lowest BCUT2D eigenvalue weighted by Gasteiger charge is -2.07. The van der Waals surface area contributed by atoms with Gasteiger partial charge in [0, 0.05) is 10.6 Å². The topological polar surface area (TPSA) is 55.1 Å². The average molecular weight is 250 g/mol. The van der Waals surface area contributed by atoms with Gasteiger partial charge in [0.2, 0.25) is 0 Å². The molecule has 3 N–H and O–H groups in total. The molecule has 0 unspecified atom stereocenters. The van der Waals surface area contributed by atoms with Crippen LogP contribution in [-0.2, 0) is 6.54 Å². The van der Waals surface area contributed by atoms with Gasteiger partial charge in [-0.15, -0.1) is 11.3 Å². The lowest BCUT2D eigenvalue weighted by atomic mass is 10.1. The second-order valence-corrected chi connectivity index (χ2v) is 4.50. The Bertz CT molecular complexity index is 505. The Balaban J connectivity index is 2.10. The Hall–Kier alpha value is -1.88. The standard InChI is InChI=1S/C12H11FN2OS/c13-9-4-1-5-10(14)11(9)12(16)15-7-8-3-2-6-17-8/h1-6H,7,14H2,(H,15,16). The van der Waals surface area contributed by atoms with Gasteiger partial charge < -0.3 is 11.1 Å². The van der Waals surface area contributed by atoms with E-state index in [4.69, 9.17) is 5.73 Å². The third-order valence-electron chi connectivity index (χ3n) is 2.28. The lowest BCUT2D eigenvalue weighted by Crippen LogP contribution is -2.24. The number of carbonyl (C=O) groups excluding carboxylic acids is 1. The van der Waals surface area contributed by atoms with Crippen LogP contribution in [0.4, 0.5) is 10.1 Å². The zero-order valence-corrected chi connectivity index (χ0v) is 9.76. The van der Waals surface area contributed by atoms with E-state index in [-0.39, 0.29) is 11.3 Å². The van der Waals surface area contributed by atoms with Crippen molar-refractivity contribution in [3.05, 3.63) is 52.0 Å². The molecule has 0 spiro atoms. The van der Waals surface area contributed by atoms with Crippen molar-refractivity contribution in [1.82, 2.24) is 5.32 Å². The molecule has 0 aliphatic carbocycles. The first-order valence-electron chi connectivity index (χ1n) is 5.03. The van der Waals surface area contributed by atoms with Crippen LogP contribution in [0.3, 0.4) is 0 Å². The van der Waals surface area contributed by atoms with E-state index >= 15 is 0 Å². The third kappa shape index (κ3) is 2.62. The Morgan fingerprint density at radius 3 is 2.82 bits per heavy atom. The minimum absolute atomic E-state index is 0.0935. The lowest BCUT2D eigenvalue weighted by molar-refractivity contribution is 0.0948. The van der Waals surface area contributed by atoms with Gasteiger partial charge in [0.15, 0.2) is 0 Å². The highest BCUT2D eigenvalue weighted by molar-refractivity contribution is 7.09. The van der Waals surface area contributed by atoms with Gasteiger partial charge in [0.25, 0.3) is 5.91 Å². The normalized spacial score (nSPS) is 10.2. The molecule has 88 valence electrons. The van der Waals surface area contributed by atoms with Crippen LogP contribution in [0.15, 0.2) is 35.7 Å². The van der Waals surface area contributed by atoms with Gasteiger partial charge >= 0.3 is 0 Å². The van der Waals surface area contributed by atoms with Gasteiger partial charge in [-0.3, -0.25) is 4.79 Å². The number of hydrogen-bond acceptors (Lipinski definition) is 3. The van der Waals surface area contributed by atoms with Crippen molar-refractivity contribution >= 4 is 22.9 Å². The Morgan fingerprint density at radius 2 is 2.18 bits per heavy atom. The van der Waals surface area contributed by atoms with Gasteiger partial charge in [0.05, 0.1) is 12.1 Å². The van der Waals surface area contributed by atoms with Crippen LogP contribution < -0.4 is 11.1 Å². The zero-order valence-electron chi connectivity index (χ0n) is 8.94. The number of rotatable bonds is 3. The van der Waals surface area contributed by atoms with E-state index in [9.17, 15) is 9.18 Å². The highest BCUT2D eigenvalue weighted by Crippen LogP contribution is 2.16. The van der Waals surface area contributed by atoms with Crippen LogP contribution in [0.25, 0.3) is 0 Å². The SMILES string of the molecule is Nc1cccc(F)c1C(=O)NCc1cccs1. The Labute approximate surface area is 102 Å². The van der Waals surface area contributed by atoms with E-state index in [0.717, 1.165) is 4.88 Å². The summed E-state index contributed by atoms with van der Waals surface area (Å²) in [6.45, 7) is 0.379. The molecule has 2 rings (SSSR count). The smallest absolute Gasteiger partial charge is 0.256 e. The molecule has 0 saturated heterocycles. The second-order valence-electron chi connectivity index (χ2n) is 3.47. The third-order valence-corrected chi connectivity index (χ3v) is 3.15. The fourth-order valence-electron chi connectivity index (χ4n) is 1.45. The molecule has 3 nitrogen and oxygen atoms in total. The highest BCUT2D eigenvalue weighted by Gasteiger charge is 2.14. The molecule has 0 bridgehead atoms. The number of anilines is 1. The molecule has 1 aromatic carbocycles. The largest absolute Gasteiger partial charge is 0.398 e. The molecular weight excluding hydrogens is 239 g/mol. The molecule has 5 heteroatoms. The van der Waals surface area contributed by atoms with Crippen LogP contribution in [0.1, 0.15) is 15.2 Å². The van der Waals surface area contributed by atoms with E-state index in [1.807, 2.05) is 17.5 Å². The maximum absolute atomic E-state index is 13.4. The predicted molar refractivity (Wildman–Crippen MR) is 66.3 cm³/mol. The molecule has 0 aliphatic rings. The summed E-state index contributed by atoms with van der Waals surface area (Å²) in [5, 5.41) is 4.55. The van der Waals surface area contributed by atoms with Crippen LogP contribution in [0.2, 0.25) is 0 Å². The second kappa shape index (κ2) is 4.97. The first kappa shape index (κ1) is 11.6. The molecule has 1 heterocycles. The monoisotopic (exact) mass is 250 g/mol. The molecule has 0 radical (unpaired) electrons. The quantitative estimate of drug-likeness (QED) is 0.822. The molecule has 0 fully saturated rings. The Morgan fingerprint density at radius 1 is 1.35 bits per heavy atom. The number of nitrogen functional groups attached to an aromatic ring is 1. The van der Waals surface area contributed by atoms with Crippen molar-refractivity contribution in [2.75, 3.05) is 5.73 Å². The minimum Gasteiger partial charge on any atom is -0.398 e. The number of benzene rings is 1. The molecular formula is C12H11FN2OS. The maximum Gasteiger partial charge on any atom is 0.256 e. The molecule has 0 atom stereocenters. The summed E-state index contributed by atoms with van der Waals surface area (Å²) in [6, 6.07) is 7.99. The van der Waals surface area contributed by atoms with Crippen LogP contribution >= 0.6 is 11.3 Å². The first-order valence-corrected chi connectivity index (χ1v) is 5.91. The van der Waals surface area contributed by atoms with Gasteiger partial charge in [-0.25, -0.2) is 4.39 Å². The first-order chi connectivity index (χ1) is 8.18. The molecule has 1 aromatic heterocycles. The summed E-state index contributed by atoms with van der Waals surface area (Å²) in [5.74, 6) is -1.09. The van der Waals surface area contributed by atoms with Crippen LogP contribution in [0, 0.1) is 5.82 Å². The summed E-state index contributed by atoms with van der Waals surface area (Å²) >= 11 is 1.53. The number of carbonyl (C=O) groups is 1. The van der Waals surface area contributed by atoms with E-state index in [0.29, 0.717) is 6.54 Å². The summed E-state index contributed by atoms with van der Waals surface area (Å²) in [5.41, 5.74) is 5.63. The fraction of sp³-hybridized carbons (Fsp3) is 0.0833. The van der Waals surface area contributed by atoms with Crippen molar-refractivity contribution in [3.8, 4) is 0 Å². The number of amides is 1. The average Bonchev–Trinajstić information content (AvgIpc) is 2.79. The molecule has 1 amide bonds. The van der Waals surface area contributed by atoms with E-state index in [1.54, 1.807) is 0 Å². The highest BCUT2D eigenvalue weighted by atomic mass is 32.1. The van der Waals surface area contributed by atoms with Crippen molar-refractivity contribution in [2.24, 2.45) is 0 Å². The predicted octanol–water partition coefficient (Wildman–Crippen LogP) is 2.40. The summed E-state index contributed by atoms with van der Waals surface area (Å²) in [6.07, 6.45) is 0. The minimum atomic E-state index is -0.603. The summed E-state index contributed by atoms with van der Waals surface area (Å²) in [7, 11) is 0. The van der Waals surface area contributed by atoms with Gasteiger partial charge in [-0.1, -0.05) is 12.1 Å². The van der Waals surface area contributed by atoms with E-state index in [1.165, 1.54) is 29.5 Å². The van der Waals surface area contributed by atoms with E-state index < -0.39 is 11.7 Å². The van der Waals surface area contributed by atoms with Gasteiger partial charge in [-0.2, -0.15) is 0 Å². The van der Waals surface area contributed by atoms with Gasteiger partial charge in [0.1, 0.15) is 5.82 Å². The van der Waals surface area contributed by atoms with Crippen LogP contribution in [-0.4, -0.2) is 5.91 Å². The number of halogens is 1. The number of nitrogens with two attached hydrogens (primary N) is 1. The summed E-state index contributed by atoms with van der Waals surface area (Å²) < 4.78 is 13.4. The maximum atomic E-state index is 13.4. The van der Waals surface area contributed by atoms with Crippen molar-refractivity contribution < 1.29 is 9.18 Å². The Kier molecular flexibility index (Phi) is 3.39. The fourth-order valence-corrected chi connectivity index (χ4v) is 2.09. The van der Waals surface area contributed by atoms with E-state index in [2.05, 4.69) is 5.32 Å². The molecule has 2 aromatic rings. The van der Waals surface area contributed by atoms with Crippen LogP contribution in [0.5, 0.6) is 0 Å². The number of thiophene rings is 1.